The van der Waals surface area contributed by atoms with E-state index in [1.807, 2.05) is 0 Å². The van der Waals surface area contributed by atoms with Crippen LogP contribution < -0.4 is 0 Å². The van der Waals surface area contributed by atoms with Crippen LogP contribution >= 0.6 is 0 Å². The topological polar surface area (TPSA) is 32.7 Å². The third kappa shape index (κ3) is 3.25. The number of hydrogen-bond donors (Lipinski definition) is 1. The number of aliphatic hydroxyl groups excluding tert-OH is 1. The van der Waals surface area contributed by atoms with Crippen LogP contribution in [0, 0.1) is 5.41 Å². The second-order valence-corrected chi connectivity index (χ2v) is 6.42. The molecular weight excluding hydrogens is 226 g/mol. The summed E-state index contributed by atoms with van der Waals surface area (Å²) in [5.74, 6) is 0. The highest BCUT2D eigenvalue weighted by molar-refractivity contribution is 4.88. The Bertz CT molecular complexity index is 249. The van der Waals surface area contributed by atoms with E-state index >= 15 is 0 Å². The molecule has 1 aliphatic heterocycles. The lowest BCUT2D eigenvalue weighted by molar-refractivity contribution is 0.0311. The van der Waals surface area contributed by atoms with Crippen molar-refractivity contribution in [3.05, 3.63) is 0 Å². The van der Waals surface area contributed by atoms with Crippen molar-refractivity contribution in [2.45, 2.75) is 64.0 Å². The van der Waals surface area contributed by atoms with E-state index in [-0.39, 0.29) is 5.41 Å². The predicted molar refractivity (Wildman–Crippen MR) is 73.7 cm³/mol. The molecule has 0 amide bonds. The normalized spacial score (nSPS) is 32.7. The van der Waals surface area contributed by atoms with E-state index in [9.17, 15) is 5.11 Å². The number of nitrogens with zero attached hydrogens (tertiary/aromatic N) is 1. The van der Waals surface area contributed by atoms with Gasteiger partial charge in [0, 0.05) is 31.2 Å². The summed E-state index contributed by atoms with van der Waals surface area (Å²) >= 11 is 0. The van der Waals surface area contributed by atoms with Crippen LogP contribution in [0.25, 0.3) is 0 Å². The molecule has 3 heteroatoms. The van der Waals surface area contributed by atoms with Crippen LogP contribution in [-0.4, -0.2) is 49.0 Å². The van der Waals surface area contributed by atoms with Crippen molar-refractivity contribution in [3.63, 3.8) is 0 Å². The van der Waals surface area contributed by atoms with E-state index in [0.29, 0.717) is 18.8 Å². The molecule has 0 bridgehead atoms. The van der Waals surface area contributed by atoms with Gasteiger partial charge in [-0.25, -0.2) is 0 Å². The Morgan fingerprint density at radius 2 is 1.89 bits per heavy atom. The number of aliphatic hydroxyl groups is 1. The standard InChI is InChI=1S/C15H29NO2/c1-13-14(7-10-18-13)16(2)11-15(12-17)8-5-3-4-6-9-15/h13-14,17H,3-12H2,1-2H3. The van der Waals surface area contributed by atoms with Crippen molar-refractivity contribution in [1.82, 2.24) is 4.90 Å². The molecule has 18 heavy (non-hydrogen) atoms. The molecule has 0 spiro atoms. The van der Waals surface area contributed by atoms with Gasteiger partial charge in [-0.2, -0.15) is 0 Å². The first-order valence-electron chi connectivity index (χ1n) is 7.60. The molecule has 2 atom stereocenters. The van der Waals surface area contributed by atoms with Crippen LogP contribution in [0.4, 0.5) is 0 Å². The van der Waals surface area contributed by atoms with Crippen molar-refractivity contribution < 1.29 is 9.84 Å². The van der Waals surface area contributed by atoms with E-state index in [4.69, 9.17) is 4.74 Å². The van der Waals surface area contributed by atoms with Gasteiger partial charge in [0.1, 0.15) is 0 Å². The zero-order valence-electron chi connectivity index (χ0n) is 12.0. The van der Waals surface area contributed by atoms with E-state index < -0.39 is 0 Å². The quantitative estimate of drug-likeness (QED) is 0.783. The average molecular weight is 255 g/mol. The molecule has 2 fully saturated rings. The summed E-state index contributed by atoms with van der Waals surface area (Å²) in [4.78, 5) is 2.44. The summed E-state index contributed by atoms with van der Waals surface area (Å²) in [6.07, 6.45) is 9.11. The van der Waals surface area contributed by atoms with E-state index in [0.717, 1.165) is 19.6 Å². The number of ether oxygens (including phenoxy) is 1. The van der Waals surface area contributed by atoms with Gasteiger partial charge in [0.2, 0.25) is 0 Å². The summed E-state index contributed by atoms with van der Waals surface area (Å²) in [6, 6.07) is 0.539. The van der Waals surface area contributed by atoms with Gasteiger partial charge in [0.25, 0.3) is 0 Å². The summed E-state index contributed by atoms with van der Waals surface area (Å²) in [7, 11) is 2.21. The van der Waals surface area contributed by atoms with Crippen molar-refractivity contribution in [2.24, 2.45) is 5.41 Å². The maximum absolute atomic E-state index is 9.87. The zero-order chi connectivity index (χ0) is 13.0. The first-order valence-corrected chi connectivity index (χ1v) is 7.60. The lowest BCUT2D eigenvalue weighted by atomic mass is 9.80. The van der Waals surface area contributed by atoms with Gasteiger partial charge in [0.05, 0.1) is 6.10 Å². The van der Waals surface area contributed by atoms with Crippen molar-refractivity contribution in [2.75, 3.05) is 26.8 Å². The van der Waals surface area contributed by atoms with E-state index in [1.54, 1.807) is 0 Å². The van der Waals surface area contributed by atoms with Crippen molar-refractivity contribution >= 4 is 0 Å². The fourth-order valence-corrected chi connectivity index (χ4v) is 3.79. The molecule has 2 unspecified atom stereocenters. The number of hydrogen-bond acceptors (Lipinski definition) is 3. The Kier molecular flexibility index (Phi) is 5.05. The fourth-order valence-electron chi connectivity index (χ4n) is 3.79. The molecule has 1 N–H and O–H groups in total. The molecule has 0 aromatic rings. The molecule has 3 nitrogen and oxygen atoms in total. The van der Waals surface area contributed by atoms with Gasteiger partial charge < -0.3 is 14.7 Å². The van der Waals surface area contributed by atoms with Crippen LogP contribution in [0.5, 0.6) is 0 Å². The van der Waals surface area contributed by atoms with Gasteiger partial charge in [0.15, 0.2) is 0 Å². The van der Waals surface area contributed by atoms with Gasteiger partial charge in [-0.1, -0.05) is 25.7 Å². The summed E-state index contributed by atoms with van der Waals surface area (Å²) in [5, 5.41) is 9.87. The lowest BCUT2D eigenvalue weighted by Gasteiger charge is -2.38. The Hall–Kier alpha value is -0.120. The van der Waals surface area contributed by atoms with Gasteiger partial charge in [-0.3, -0.25) is 0 Å². The smallest absolute Gasteiger partial charge is 0.0702 e. The Morgan fingerprint density at radius 1 is 1.22 bits per heavy atom. The minimum absolute atomic E-state index is 0.146. The first-order chi connectivity index (χ1) is 8.67. The average Bonchev–Trinajstić information content (AvgIpc) is 2.66. The second-order valence-electron chi connectivity index (χ2n) is 6.42. The van der Waals surface area contributed by atoms with Gasteiger partial charge in [-0.15, -0.1) is 0 Å². The molecule has 1 aliphatic carbocycles. The summed E-state index contributed by atoms with van der Waals surface area (Å²) in [5.41, 5.74) is 0.146. The first kappa shape index (κ1) is 14.3. The highest BCUT2D eigenvalue weighted by Crippen LogP contribution is 2.36. The lowest BCUT2D eigenvalue weighted by Crippen LogP contribution is -2.45. The van der Waals surface area contributed by atoms with E-state index in [2.05, 4.69) is 18.9 Å². The SMILES string of the molecule is CC1OCCC1N(C)CC1(CO)CCCCCC1. The molecule has 1 heterocycles. The summed E-state index contributed by atoms with van der Waals surface area (Å²) < 4.78 is 5.66. The number of rotatable bonds is 4. The van der Waals surface area contributed by atoms with Gasteiger partial charge in [-0.05, 0) is 33.2 Å². The Morgan fingerprint density at radius 3 is 2.39 bits per heavy atom. The predicted octanol–water partition coefficient (Wildman–Crippen LogP) is 2.43. The third-order valence-corrected chi connectivity index (χ3v) is 4.99. The third-order valence-electron chi connectivity index (χ3n) is 4.99. The maximum Gasteiger partial charge on any atom is 0.0702 e. The van der Waals surface area contributed by atoms with Crippen LogP contribution in [0.1, 0.15) is 51.9 Å². The Balaban J connectivity index is 1.95. The van der Waals surface area contributed by atoms with Gasteiger partial charge >= 0.3 is 0 Å². The molecule has 0 aromatic carbocycles. The van der Waals surface area contributed by atoms with Crippen LogP contribution in [0.2, 0.25) is 0 Å². The zero-order valence-corrected chi connectivity index (χ0v) is 12.0. The minimum atomic E-state index is 0.146. The molecule has 0 aromatic heterocycles. The Labute approximate surface area is 112 Å². The molecule has 106 valence electrons. The van der Waals surface area contributed by atoms with Crippen LogP contribution in [-0.2, 0) is 4.74 Å². The summed E-state index contributed by atoms with van der Waals surface area (Å²) in [6.45, 7) is 4.44. The molecule has 2 rings (SSSR count). The highest BCUT2D eigenvalue weighted by Gasteiger charge is 2.35. The number of likely N-dealkylation sites (N-methyl/N-ethyl adjacent to an activating group) is 1. The van der Waals surface area contributed by atoms with Crippen molar-refractivity contribution in [1.29, 1.82) is 0 Å². The largest absolute Gasteiger partial charge is 0.396 e. The monoisotopic (exact) mass is 255 g/mol. The minimum Gasteiger partial charge on any atom is -0.396 e. The molecular formula is C15H29NO2. The maximum atomic E-state index is 9.87. The highest BCUT2D eigenvalue weighted by atomic mass is 16.5. The second kappa shape index (κ2) is 6.36. The van der Waals surface area contributed by atoms with E-state index in [1.165, 1.54) is 38.5 Å². The van der Waals surface area contributed by atoms with Crippen LogP contribution in [0.15, 0.2) is 0 Å². The molecule has 1 saturated carbocycles. The fraction of sp³-hybridized carbons (Fsp3) is 1.00. The molecule has 1 saturated heterocycles. The van der Waals surface area contributed by atoms with Crippen LogP contribution in [0.3, 0.4) is 0 Å². The molecule has 0 radical (unpaired) electrons. The molecule has 2 aliphatic rings. The van der Waals surface area contributed by atoms with Crippen molar-refractivity contribution in [3.8, 4) is 0 Å².